The van der Waals surface area contributed by atoms with Gasteiger partial charge in [0.2, 0.25) is 5.91 Å². The summed E-state index contributed by atoms with van der Waals surface area (Å²) >= 11 is 0. The molecule has 2 aromatic carbocycles. The van der Waals surface area contributed by atoms with E-state index in [0.29, 0.717) is 11.1 Å². The van der Waals surface area contributed by atoms with Crippen molar-refractivity contribution in [1.29, 1.82) is 0 Å². The second-order valence-electron chi connectivity index (χ2n) is 4.51. The Labute approximate surface area is 126 Å². The molecule has 5 nitrogen and oxygen atoms in total. The first-order chi connectivity index (χ1) is 10.5. The van der Waals surface area contributed by atoms with Crippen LogP contribution in [0.5, 0.6) is 0 Å². The predicted octanol–water partition coefficient (Wildman–Crippen LogP) is 0.882. The van der Waals surface area contributed by atoms with Gasteiger partial charge in [-0.2, -0.15) is 5.10 Å². The number of halogens is 1. The van der Waals surface area contributed by atoms with Crippen LogP contribution in [0.4, 0.5) is 4.39 Å². The summed E-state index contributed by atoms with van der Waals surface area (Å²) in [5.41, 5.74) is 3.71. The van der Waals surface area contributed by atoms with Gasteiger partial charge in [0.25, 0.3) is 0 Å². The van der Waals surface area contributed by atoms with Gasteiger partial charge in [0.15, 0.2) is 0 Å². The summed E-state index contributed by atoms with van der Waals surface area (Å²) in [6.07, 6.45) is 1.48. The monoisotopic (exact) mass is 299 g/mol. The standard InChI is InChI=1S/C16H13FN2O3/c17-14-7-3-11(4-8-14)9-15(20)19-18-10-12-1-5-13(6-2-12)16(21)22/h1-8,10H,9H2,(H,19,20)(H,21,22)/p-1/b18-10-. The summed E-state index contributed by atoms with van der Waals surface area (Å²) in [6, 6.07) is 11.5. The number of aromatic carboxylic acids is 1. The van der Waals surface area contributed by atoms with Gasteiger partial charge in [0.1, 0.15) is 5.82 Å². The summed E-state index contributed by atoms with van der Waals surface area (Å²) in [7, 11) is 0. The highest BCUT2D eigenvalue weighted by Crippen LogP contribution is 2.03. The Morgan fingerprint density at radius 1 is 1.09 bits per heavy atom. The zero-order chi connectivity index (χ0) is 15.9. The summed E-state index contributed by atoms with van der Waals surface area (Å²) in [6.45, 7) is 0. The van der Waals surface area contributed by atoms with E-state index in [-0.39, 0.29) is 23.7 Å². The number of rotatable bonds is 5. The number of nitrogens with zero attached hydrogens (tertiary/aromatic N) is 1. The van der Waals surface area contributed by atoms with Crippen molar-refractivity contribution in [2.45, 2.75) is 6.42 Å². The third-order valence-electron chi connectivity index (χ3n) is 2.83. The summed E-state index contributed by atoms with van der Waals surface area (Å²) < 4.78 is 12.7. The number of nitrogens with one attached hydrogen (secondary N) is 1. The van der Waals surface area contributed by atoms with E-state index in [2.05, 4.69) is 10.5 Å². The van der Waals surface area contributed by atoms with Crippen LogP contribution in [0.15, 0.2) is 53.6 Å². The van der Waals surface area contributed by atoms with Crippen molar-refractivity contribution in [1.82, 2.24) is 5.43 Å². The first-order valence-electron chi connectivity index (χ1n) is 6.42. The smallest absolute Gasteiger partial charge is 0.244 e. The number of hydrazone groups is 1. The third kappa shape index (κ3) is 4.52. The highest BCUT2D eigenvalue weighted by Gasteiger charge is 2.02. The summed E-state index contributed by atoms with van der Waals surface area (Å²) in [5, 5.41) is 14.4. The van der Waals surface area contributed by atoms with Gasteiger partial charge >= 0.3 is 0 Å². The molecule has 2 rings (SSSR count). The summed E-state index contributed by atoms with van der Waals surface area (Å²) in [4.78, 5) is 22.2. The fraction of sp³-hybridized carbons (Fsp3) is 0.0625. The lowest BCUT2D eigenvalue weighted by Gasteiger charge is -2.02. The SMILES string of the molecule is O=C(Cc1ccc(F)cc1)N/N=C\c1ccc(C(=O)[O-])cc1. The van der Waals surface area contributed by atoms with E-state index in [1.165, 1.54) is 42.6 Å². The van der Waals surface area contributed by atoms with Crippen LogP contribution in [0, 0.1) is 5.82 Å². The van der Waals surface area contributed by atoms with Crippen LogP contribution in [-0.4, -0.2) is 18.1 Å². The van der Waals surface area contributed by atoms with Crippen molar-refractivity contribution in [2.75, 3.05) is 0 Å². The highest BCUT2D eigenvalue weighted by atomic mass is 19.1. The molecule has 0 bridgehead atoms. The Balaban J connectivity index is 1.87. The van der Waals surface area contributed by atoms with Crippen LogP contribution in [0.3, 0.4) is 0 Å². The molecule has 0 radical (unpaired) electrons. The Morgan fingerprint density at radius 3 is 2.32 bits per heavy atom. The molecule has 0 aromatic heterocycles. The maximum absolute atomic E-state index is 12.7. The van der Waals surface area contributed by atoms with Crippen molar-refractivity contribution in [3.05, 3.63) is 71.0 Å². The molecule has 112 valence electrons. The Bertz CT molecular complexity index is 694. The molecule has 0 saturated heterocycles. The van der Waals surface area contributed by atoms with Gasteiger partial charge in [0, 0.05) is 0 Å². The van der Waals surface area contributed by atoms with E-state index in [0.717, 1.165) is 0 Å². The minimum atomic E-state index is -1.25. The van der Waals surface area contributed by atoms with Crippen molar-refractivity contribution in [3.8, 4) is 0 Å². The van der Waals surface area contributed by atoms with E-state index >= 15 is 0 Å². The number of hydrogen-bond acceptors (Lipinski definition) is 4. The van der Waals surface area contributed by atoms with E-state index < -0.39 is 5.97 Å². The maximum Gasteiger partial charge on any atom is 0.244 e. The first-order valence-corrected chi connectivity index (χ1v) is 6.42. The molecule has 0 fully saturated rings. The predicted molar refractivity (Wildman–Crippen MR) is 76.6 cm³/mol. The maximum atomic E-state index is 12.7. The second kappa shape index (κ2) is 7.12. The minimum absolute atomic E-state index is 0.0671. The Hall–Kier alpha value is -3.02. The molecule has 0 aliphatic rings. The van der Waals surface area contributed by atoms with Gasteiger partial charge in [0.05, 0.1) is 18.6 Å². The largest absolute Gasteiger partial charge is 0.545 e. The number of benzene rings is 2. The van der Waals surface area contributed by atoms with Crippen LogP contribution in [-0.2, 0) is 11.2 Å². The Kier molecular flexibility index (Phi) is 4.98. The van der Waals surface area contributed by atoms with Crippen molar-refractivity contribution in [2.24, 2.45) is 5.10 Å². The van der Waals surface area contributed by atoms with Crippen LogP contribution >= 0.6 is 0 Å². The van der Waals surface area contributed by atoms with Crippen LogP contribution in [0.1, 0.15) is 21.5 Å². The van der Waals surface area contributed by atoms with E-state index in [1.54, 1.807) is 12.1 Å². The van der Waals surface area contributed by atoms with Gasteiger partial charge < -0.3 is 9.90 Å². The number of carbonyl (C=O) groups is 2. The number of carboxylic acids is 1. The third-order valence-corrected chi connectivity index (χ3v) is 2.83. The van der Waals surface area contributed by atoms with Gasteiger partial charge in [-0.05, 0) is 28.8 Å². The lowest BCUT2D eigenvalue weighted by atomic mass is 10.1. The average molecular weight is 299 g/mol. The fourth-order valence-corrected chi connectivity index (χ4v) is 1.71. The quantitative estimate of drug-likeness (QED) is 0.657. The number of carboxylic acid groups (broad SMARTS) is 1. The zero-order valence-electron chi connectivity index (χ0n) is 11.5. The normalized spacial score (nSPS) is 10.6. The molecule has 0 heterocycles. The lowest BCUT2D eigenvalue weighted by Crippen LogP contribution is -2.22. The zero-order valence-corrected chi connectivity index (χ0v) is 11.5. The van der Waals surface area contributed by atoms with Crippen LogP contribution in [0.2, 0.25) is 0 Å². The second-order valence-corrected chi connectivity index (χ2v) is 4.51. The topological polar surface area (TPSA) is 81.6 Å². The molecule has 2 aromatic rings. The molecule has 22 heavy (non-hydrogen) atoms. The van der Waals surface area contributed by atoms with Crippen LogP contribution < -0.4 is 10.5 Å². The molecule has 1 amide bonds. The van der Waals surface area contributed by atoms with E-state index in [1.807, 2.05) is 0 Å². The highest BCUT2D eigenvalue weighted by molar-refractivity contribution is 5.88. The van der Waals surface area contributed by atoms with Crippen molar-refractivity contribution < 1.29 is 19.1 Å². The molecule has 6 heteroatoms. The van der Waals surface area contributed by atoms with E-state index in [9.17, 15) is 19.1 Å². The van der Waals surface area contributed by atoms with Crippen molar-refractivity contribution in [3.63, 3.8) is 0 Å². The minimum Gasteiger partial charge on any atom is -0.545 e. The van der Waals surface area contributed by atoms with Crippen molar-refractivity contribution >= 4 is 18.1 Å². The van der Waals surface area contributed by atoms with Gasteiger partial charge in [-0.25, -0.2) is 9.82 Å². The van der Waals surface area contributed by atoms with Gasteiger partial charge in [-0.1, -0.05) is 36.4 Å². The molecule has 0 aliphatic carbocycles. The van der Waals surface area contributed by atoms with Gasteiger partial charge in [-0.3, -0.25) is 4.79 Å². The van der Waals surface area contributed by atoms with Crippen LogP contribution in [0.25, 0.3) is 0 Å². The fourth-order valence-electron chi connectivity index (χ4n) is 1.71. The molecule has 0 saturated carbocycles. The number of carbonyl (C=O) groups excluding carboxylic acids is 2. The molecular formula is C16H12FN2O3-. The average Bonchev–Trinajstić information content (AvgIpc) is 2.50. The number of hydrogen-bond donors (Lipinski definition) is 1. The molecule has 1 N–H and O–H groups in total. The molecule has 0 aliphatic heterocycles. The van der Waals surface area contributed by atoms with E-state index in [4.69, 9.17) is 0 Å². The molecular weight excluding hydrogens is 287 g/mol. The molecule has 0 spiro atoms. The lowest BCUT2D eigenvalue weighted by molar-refractivity contribution is -0.255. The summed E-state index contributed by atoms with van der Waals surface area (Å²) in [5.74, 6) is -1.95. The Morgan fingerprint density at radius 2 is 1.73 bits per heavy atom. The molecule has 0 unspecified atom stereocenters. The van der Waals surface area contributed by atoms with Gasteiger partial charge in [-0.15, -0.1) is 0 Å². The first kappa shape index (κ1) is 15.4. The number of amides is 1. The molecule has 0 atom stereocenters.